The first-order chi connectivity index (χ1) is 4.06. The molecule has 0 spiro atoms. The van der Waals surface area contributed by atoms with Gasteiger partial charge in [-0.2, -0.15) is 0 Å². The first-order valence-corrected chi connectivity index (χ1v) is 4.53. The molecule has 0 aromatic carbocycles. The van der Waals surface area contributed by atoms with Crippen molar-refractivity contribution in [3.63, 3.8) is 0 Å². The summed E-state index contributed by atoms with van der Waals surface area (Å²) < 4.78 is 20.5. The maximum atomic E-state index is 10.2. The molecule has 0 aromatic heterocycles. The molecular weight excluding hydrogens is 138 g/mol. The molecule has 3 nitrogen and oxygen atoms in total. The zero-order chi connectivity index (χ0) is 7.33. The Morgan fingerprint density at radius 2 is 2.11 bits per heavy atom. The second kappa shape index (κ2) is 3.85. The van der Waals surface area contributed by atoms with E-state index in [1.165, 1.54) is 0 Å². The lowest BCUT2D eigenvalue weighted by atomic mass is 10.3. The van der Waals surface area contributed by atoms with Crippen molar-refractivity contribution in [3.05, 3.63) is 5.75 Å². The summed E-state index contributed by atoms with van der Waals surface area (Å²) in [6.45, 7) is 2.00. The Hall–Kier alpha value is -0.0900. The topological polar surface area (TPSA) is 60.2 Å². The molecule has 0 saturated carbocycles. The molecule has 4 heteroatoms. The van der Waals surface area contributed by atoms with Crippen LogP contribution in [0.15, 0.2) is 0 Å². The Bertz CT molecular complexity index is 150. The lowest BCUT2D eigenvalue weighted by Gasteiger charge is -1.93. The van der Waals surface area contributed by atoms with E-state index in [1.54, 1.807) is 0 Å². The maximum absolute atomic E-state index is 10.2. The summed E-state index contributed by atoms with van der Waals surface area (Å²) in [5, 5.41) is 4.69. The Morgan fingerprint density at radius 3 is 2.44 bits per heavy atom. The standard InChI is InChI=1S/C5H12NO2S/c1-2-3-4-5-9(6,7)8/h5H,2-4H2,1H3,(H2,6,7,8). The smallest absolute Gasteiger partial charge is 0.213 e. The molecule has 0 aliphatic heterocycles. The van der Waals surface area contributed by atoms with Crippen LogP contribution >= 0.6 is 0 Å². The fourth-order valence-electron chi connectivity index (χ4n) is 0.452. The third-order valence-electron chi connectivity index (χ3n) is 0.908. The van der Waals surface area contributed by atoms with Gasteiger partial charge in [0, 0.05) is 0 Å². The number of unbranched alkanes of at least 4 members (excludes halogenated alkanes) is 2. The van der Waals surface area contributed by atoms with Crippen molar-refractivity contribution >= 4 is 10.0 Å². The number of primary sulfonamides is 1. The summed E-state index contributed by atoms with van der Waals surface area (Å²) in [5.41, 5.74) is 0. The lowest BCUT2D eigenvalue weighted by Crippen LogP contribution is -2.11. The van der Waals surface area contributed by atoms with Crippen molar-refractivity contribution in [2.45, 2.75) is 26.2 Å². The van der Waals surface area contributed by atoms with Gasteiger partial charge in [-0.25, -0.2) is 13.6 Å². The molecule has 0 fully saturated rings. The van der Waals surface area contributed by atoms with E-state index in [0.717, 1.165) is 18.6 Å². The van der Waals surface area contributed by atoms with E-state index in [9.17, 15) is 8.42 Å². The molecule has 1 radical (unpaired) electrons. The van der Waals surface area contributed by atoms with Crippen LogP contribution in [0.25, 0.3) is 0 Å². The average Bonchev–Trinajstić information content (AvgIpc) is 1.63. The SMILES string of the molecule is CCCC[CH]S(N)(=O)=O. The Balaban J connectivity index is 3.30. The first kappa shape index (κ1) is 8.91. The normalized spacial score (nSPS) is 11.8. The number of hydrogen-bond acceptors (Lipinski definition) is 2. The van der Waals surface area contributed by atoms with Gasteiger partial charge in [-0.1, -0.05) is 19.8 Å². The Labute approximate surface area is 56.3 Å². The summed E-state index contributed by atoms with van der Waals surface area (Å²) in [5.74, 6) is 1.15. The number of hydrogen-bond donors (Lipinski definition) is 1. The van der Waals surface area contributed by atoms with E-state index in [1.807, 2.05) is 6.92 Å². The second-order valence-electron chi connectivity index (χ2n) is 1.90. The van der Waals surface area contributed by atoms with Crippen molar-refractivity contribution < 1.29 is 8.42 Å². The Kier molecular flexibility index (Phi) is 3.81. The van der Waals surface area contributed by atoms with Gasteiger partial charge in [-0.3, -0.25) is 0 Å². The zero-order valence-electron chi connectivity index (χ0n) is 5.50. The maximum Gasteiger partial charge on any atom is 0.213 e. The molecule has 0 rings (SSSR count). The van der Waals surface area contributed by atoms with Crippen molar-refractivity contribution in [1.29, 1.82) is 0 Å². The molecule has 0 aromatic rings. The van der Waals surface area contributed by atoms with Crippen LogP contribution in [0.3, 0.4) is 0 Å². The van der Waals surface area contributed by atoms with E-state index in [0.29, 0.717) is 6.42 Å². The molecule has 0 bridgehead atoms. The van der Waals surface area contributed by atoms with Gasteiger partial charge >= 0.3 is 0 Å². The molecule has 2 N–H and O–H groups in total. The molecule has 0 unspecified atom stereocenters. The highest BCUT2D eigenvalue weighted by Gasteiger charge is 2.00. The minimum Gasteiger partial charge on any atom is -0.228 e. The van der Waals surface area contributed by atoms with Crippen LogP contribution in [0, 0.1) is 5.75 Å². The summed E-state index contributed by atoms with van der Waals surface area (Å²) in [4.78, 5) is 0. The minimum atomic E-state index is -3.32. The minimum absolute atomic E-state index is 0.565. The number of nitrogens with two attached hydrogens (primary N) is 1. The van der Waals surface area contributed by atoms with Crippen LogP contribution in [0.2, 0.25) is 0 Å². The van der Waals surface area contributed by atoms with Gasteiger partial charge < -0.3 is 0 Å². The molecule has 9 heavy (non-hydrogen) atoms. The van der Waals surface area contributed by atoms with Gasteiger partial charge in [-0.05, 0) is 6.42 Å². The van der Waals surface area contributed by atoms with Crippen LogP contribution in [-0.4, -0.2) is 8.42 Å². The predicted octanol–water partition coefficient (Wildman–Crippen LogP) is 0.627. The highest BCUT2D eigenvalue weighted by atomic mass is 32.2. The fraction of sp³-hybridized carbons (Fsp3) is 0.800. The molecule has 0 atom stereocenters. The lowest BCUT2D eigenvalue weighted by molar-refractivity contribution is 0.600. The van der Waals surface area contributed by atoms with E-state index < -0.39 is 10.0 Å². The summed E-state index contributed by atoms with van der Waals surface area (Å²) >= 11 is 0. The third kappa shape index (κ3) is 7.91. The monoisotopic (exact) mass is 150 g/mol. The van der Waals surface area contributed by atoms with E-state index in [4.69, 9.17) is 5.14 Å². The number of rotatable bonds is 4. The second-order valence-corrected chi connectivity index (χ2v) is 3.41. The fourth-order valence-corrected chi connectivity index (χ4v) is 0.947. The van der Waals surface area contributed by atoms with Crippen LogP contribution in [0.4, 0.5) is 0 Å². The Morgan fingerprint density at radius 1 is 1.56 bits per heavy atom. The van der Waals surface area contributed by atoms with Crippen LogP contribution in [0.5, 0.6) is 0 Å². The van der Waals surface area contributed by atoms with Crippen LogP contribution in [-0.2, 0) is 10.0 Å². The number of sulfonamides is 1. The molecule has 55 valence electrons. The largest absolute Gasteiger partial charge is 0.228 e. The van der Waals surface area contributed by atoms with Crippen LogP contribution < -0.4 is 5.14 Å². The van der Waals surface area contributed by atoms with Gasteiger partial charge in [0.25, 0.3) is 0 Å². The molecule has 0 aliphatic rings. The third-order valence-corrected chi connectivity index (χ3v) is 1.61. The van der Waals surface area contributed by atoms with Gasteiger partial charge in [0.15, 0.2) is 0 Å². The molecule has 0 saturated heterocycles. The molecular formula is C5H12NO2S. The van der Waals surface area contributed by atoms with Crippen molar-refractivity contribution in [2.24, 2.45) is 5.14 Å². The van der Waals surface area contributed by atoms with E-state index in [-0.39, 0.29) is 0 Å². The average molecular weight is 150 g/mol. The molecule has 0 aliphatic carbocycles. The van der Waals surface area contributed by atoms with Gasteiger partial charge in [0.05, 0.1) is 5.75 Å². The van der Waals surface area contributed by atoms with Crippen LogP contribution in [0.1, 0.15) is 26.2 Å². The zero-order valence-corrected chi connectivity index (χ0v) is 6.32. The quantitative estimate of drug-likeness (QED) is 0.597. The molecule has 0 amide bonds. The van der Waals surface area contributed by atoms with Crippen molar-refractivity contribution in [1.82, 2.24) is 0 Å². The molecule has 0 heterocycles. The van der Waals surface area contributed by atoms with E-state index in [2.05, 4.69) is 0 Å². The first-order valence-electron chi connectivity index (χ1n) is 2.92. The highest BCUT2D eigenvalue weighted by Crippen LogP contribution is 1.99. The van der Waals surface area contributed by atoms with Gasteiger partial charge in [0.1, 0.15) is 0 Å². The predicted molar refractivity (Wildman–Crippen MR) is 36.9 cm³/mol. The van der Waals surface area contributed by atoms with Crippen molar-refractivity contribution in [3.8, 4) is 0 Å². The van der Waals surface area contributed by atoms with Gasteiger partial charge in [-0.15, -0.1) is 0 Å². The van der Waals surface area contributed by atoms with Crippen molar-refractivity contribution in [2.75, 3.05) is 0 Å². The van der Waals surface area contributed by atoms with Gasteiger partial charge in [0.2, 0.25) is 10.0 Å². The van der Waals surface area contributed by atoms with E-state index >= 15 is 0 Å². The summed E-state index contributed by atoms with van der Waals surface area (Å²) in [7, 11) is -3.32. The summed E-state index contributed by atoms with van der Waals surface area (Å²) in [6, 6.07) is 0. The highest BCUT2D eigenvalue weighted by molar-refractivity contribution is 7.91. The summed E-state index contributed by atoms with van der Waals surface area (Å²) in [6.07, 6.45) is 2.44.